The second kappa shape index (κ2) is 39.7. The number of hydrazone groups is 2. The number of nitrogens with zero attached hydrogens (tertiary/aromatic N) is 8. The molecule has 0 aliphatic rings. The van der Waals surface area contributed by atoms with Gasteiger partial charge in [-0.05, 0) is 133 Å². The van der Waals surface area contributed by atoms with Crippen LogP contribution in [-0.2, 0) is 73.6 Å². The Morgan fingerprint density at radius 2 is 1.18 bits per heavy atom. The zero-order valence-electron chi connectivity index (χ0n) is 40.6. The van der Waals surface area contributed by atoms with Gasteiger partial charge < -0.3 is 33.7 Å². The minimum Gasteiger partial charge on any atom is -0.508 e. The van der Waals surface area contributed by atoms with Crippen molar-refractivity contribution in [3.63, 3.8) is 0 Å². The number of azide groups is 1. The maximum atomic E-state index is 12.4. The van der Waals surface area contributed by atoms with Gasteiger partial charge in [-0.15, -0.1) is 28.1 Å². The Bertz CT molecular complexity index is 2360. The predicted molar refractivity (Wildman–Crippen MR) is 311 cm³/mol. The van der Waals surface area contributed by atoms with Crippen molar-refractivity contribution < 1.29 is 46.5 Å². The zero-order chi connectivity index (χ0) is 53.8. The van der Waals surface area contributed by atoms with E-state index in [9.17, 15) is 14.2 Å². The lowest BCUT2D eigenvalue weighted by atomic mass is 10.1. The van der Waals surface area contributed by atoms with Gasteiger partial charge in [-0.3, -0.25) is 23.6 Å². The van der Waals surface area contributed by atoms with E-state index in [1.165, 1.54) is 40.2 Å². The van der Waals surface area contributed by atoms with Crippen LogP contribution in [-0.4, -0.2) is 119 Å². The first-order chi connectivity index (χ1) is 33.7. The van der Waals surface area contributed by atoms with E-state index in [2.05, 4.69) is 54.8 Å². The Balaban J connectivity index is 0.00000102. The number of benzene rings is 4. The van der Waals surface area contributed by atoms with Crippen LogP contribution in [0.3, 0.4) is 0 Å². The van der Waals surface area contributed by atoms with E-state index in [1.54, 1.807) is 96.6 Å². The molecule has 0 fully saturated rings. The van der Waals surface area contributed by atoms with Gasteiger partial charge in [-0.2, -0.15) is 4.52 Å². The van der Waals surface area contributed by atoms with Gasteiger partial charge in [0.25, 0.3) is 0 Å². The first kappa shape index (κ1) is 68.2. The molecule has 0 spiro atoms. The maximum absolute atomic E-state index is 12.4. The first-order valence-electron chi connectivity index (χ1n) is 20.1. The Kier molecular flexibility index (Phi) is 38.1. The van der Waals surface area contributed by atoms with E-state index in [-0.39, 0.29) is 24.1 Å². The fraction of sp³-hybridized carbons (Fsp3) is 0.325. The lowest BCUT2D eigenvalue weighted by molar-refractivity contribution is 0.224. The minimum atomic E-state index is -3.28. The molecule has 4 unspecified atom stereocenters. The van der Waals surface area contributed by atoms with Crippen LogP contribution in [0.15, 0.2) is 112 Å². The summed E-state index contributed by atoms with van der Waals surface area (Å²) in [7, 11) is 8.22. The molecule has 4 rings (SSSR count). The molecule has 0 bridgehead atoms. The van der Waals surface area contributed by atoms with Crippen molar-refractivity contribution in [1.29, 1.82) is 5.41 Å². The number of nitrogens with one attached hydrogen (secondary N) is 2. The second-order valence-corrected chi connectivity index (χ2v) is 29.4. The van der Waals surface area contributed by atoms with Gasteiger partial charge in [-0.25, -0.2) is 0 Å². The van der Waals surface area contributed by atoms with E-state index in [0.717, 1.165) is 29.8 Å². The van der Waals surface area contributed by atoms with Gasteiger partial charge in [-0.1, -0.05) is 44.3 Å². The molecule has 0 aromatic heterocycles. The number of hydrogen-bond donors (Lipinski definition) is 4. The van der Waals surface area contributed by atoms with Gasteiger partial charge in [0.1, 0.15) is 24.1 Å². The smallest absolute Gasteiger partial charge is 0.508 e. The third kappa shape index (κ3) is 32.2. The molecule has 0 heterocycles. The largest absolute Gasteiger partial charge is 0.540 e. The second-order valence-electron chi connectivity index (χ2n) is 13.4. The Labute approximate surface area is 441 Å². The SMILES string of the molecule is CNP=S.COP(=O)(CN(CCc1ccc(C)cc1)CP(=O)(OC)OC)OC.CO[P+](=S)N(C)/N=C/c1ccc(O[P+](=S)N(C)/N=C/c2ccc(O)cc2)cc1.N=Cc1ccc(O)cc1.[N-]=[N+]=NP(P)P. The molecule has 4 atom stereocenters. The molecule has 388 valence electrons. The summed E-state index contributed by atoms with van der Waals surface area (Å²) < 4.78 is 58.9. The van der Waals surface area contributed by atoms with E-state index in [4.69, 9.17) is 66.8 Å². The van der Waals surface area contributed by atoms with E-state index >= 15 is 0 Å². The summed E-state index contributed by atoms with van der Waals surface area (Å²) in [4.78, 5) is 7.57. The fourth-order valence-electron chi connectivity index (χ4n) is 4.54. The highest BCUT2D eigenvalue weighted by Crippen LogP contribution is 2.54. The van der Waals surface area contributed by atoms with Crippen molar-refractivity contribution in [2.45, 2.75) is 13.3 Å². The molecule has 31 heteroatoms. The number of rotatable bonds is 23. The van der Waals surface area contributed by atoms with Crippen LogP contribution in [0.4, 0.5) is 0 Å². The molecule has 20 nitrogen and oxygen atoms in total. The Hall–Kier alpha value is -2.77. The van der Waals surface area contributed by atoms with Crippen molar-refractivity contribution in [2.24, 2.45) is 15.1 Å². The highest BCUT2D eigenvalue weighted by Gasteiger charge is 2.31. The van der Waals surface area contributed by atoms with Gasteiger partial charge in [0.2, 0.25) is 23.6 Å². The van der Waals surface area contributed by atoms with E-state index < -0.39 is 36.8 Å². The molecule has 4 N–H and O–H groups in total. The predicted octanol–water partition coefficient (Wildman–Crippen LogP) is 12.1. The molecule has 0 radical (unpaired) electrons. The standard InChI is InChI=1S/C17H19N4O3P2S2.C15H27NO6P2.C7H7NO.CH4NPS.H4N3P3/c1-20(25(27)23-3)18-13-15-6-10-17(11-7-15)24-26(28)21(2)19-12-14-4-8-16(22)9-5-14;1-14-6-8-15(9-7-14)10-11-16(12-23(17,19-2)20-3)13-24(18,21-4)22-5;8-5-6-1-3-7(9)4-2-6;1-2-3-4;1-2-3-6(4)5/h4-13H,1-3H3;6-9H,10-13H2,1-5H3;1-5,8-9H;1H3,(H,2,4);4-5H2/q+1;;;;/p+1/b18-13+;;;;. The molecular formula is C40H62N10O10P8S3+2. The first-order valence-corrected chi connectivity index (χ1v) is 34.5. The summed E-state index contributed by atoms with van der Waals surface area (Å²) in [6.07, 6.45) is 5.30. The number of aryl methyl sites for hydroxylation is 1. The van der Waals surface area contributed by atoms with Crippen LogP contribution < -0.4 is 9.61 Å². The summed E-state index contributed by atoms with van der Waals surface area (Å²) in [5, 5.41) is 36.1. The van der Waals surface area contributed by atoms with E-state index in [1.807, 2.05) is 62.5 Å². The average Bonchev–Trinajstić information content (AvgIpc) is 3.38. The van der Waals surface area contributed by atoms with Crippen LogP contribution in [0, 0.1) is 12.3 Å². The van der Waals surface area contributed by atoms with Crippen molar-refractivity contribution >= 4 is 116 Å². The summed E-state index contributed by atoms with van der Waals surface area (Å²) >= 11 is 14.9. The minimum absolute atomic E-state index is 0.00255. The molecule has 0 aliphatic heterocycles. The monoisotopic (exact) mass is 1190 g/mol. The third-order valence-corrected chi connectivity index (χ3v) is 17.6. The number of aromatic hydroxyl groups is 2. The Morgan fingerprint density at radius 1 is 0.775 bits per heavy atom. The lowest BCUT2D eigenvalue weighted by Crippen LogP contribution is -2.29. The van der Waals surface area contributed by atoms with Crippen LogP contribution >= 0.6 is 62.2 Å². The van der Waals surface area contributed by atoms with Gasteiger partial charge in [0.15, 0.2) is 5.75 Å². The summed E-state index contributed by atoms with van der Waals surface area (Å²) in [6, 6.07) is 28.7. The number of phenolic OH excluding ortho intramolecular Hbond substituents is 2. The normalized spacial score (nSPS) is 11.4. The third-order valence-electron chi connectivity index (χ3n) is 8.32. The number of hydrogen-bond acceptors (Lipinski definition) is 18. The molecule has 0 saturated heterocycles. The molecule has 4 aromatic rings. The highest BCUT2D eigenvalue weighted by atomic mass is 32.4. The molecule has 71 heavy (non-hydrogen) atoms. The van der Waals surface area contributed by atoms with Crippen LogP contribution in [0.25, 0.3) is 10.4 Å². The average molecular weight is 1190 g/mol. The van der Waals surface area contributed by atoms with Crippen molar-refractivity contribution in [1.82, 2.24) is 19.5 Å². The van der Waals surface area contributed by atoms with Crippen LogP contribution in [0.2, 0.25) is 0 Å². The lowest BCUT2D eigenvalue weighted by Gasteiger charge is -2.27. The van der Waals surface area contributed by atoms with Gasteiger partial charge >= 0.3 is 29.3 Å². The van der Waals surface area contributed by atoms with Gasteiger partial charge in [0.05, 0.1) is 41.1 Å². The van der Waals surface area contributed by atoms with Crippen LogP contribution in [0.1, 0.15) is 27.8 Å². The topological polar surface area (TPSA) is 249 Å². The highest BCUT2D eigenvalue weighted by molar-refractivity contribution is 8.42. The molecular weight excluding hydrogens is 1120 g/mol. The molecule has 0 amide bonds. The summed E-state index contributed by atoms with van der Waals surface area (Å²) in [6.45, 7) is 2.54. The summed E-state index contributed by atoms with van der Waals surface area (Å²) in [5.41, 5.74) is 12.5. The quantitative estimate of drug-likeness (QED) is 0.0135. The van der Waals surface area contributed by atoms with Crippen molar-refractivity contribution in [2.75, 3.05) is 75.8 Å². The van der Waals surface area contributed by atoms with Crippen molar-refractivity contribution in [3.05, 3.63) is 135 Å². The van der Waals surface area contributed by atoms with Gasteiger partial charge in [0, 0.05) is 53.6 Å². The zero-order valence-corrected chi connectivity index (χ0v) is 50.7. The maximum Gasteiger partial charge on any atom is 0.540 e. The molecule has 0 aliphatic carbocycles. The molecule has 0 saturated carbocycles. The van der Waals surface area contributed by atoms with Crippen LogP contribution in [0.5, 0.6) is 17.2 Å². The molecule has 4 aromatic carbocycles. The van der Waals surface area contributed by atoms with E-state index in [0.29, 0.717) is 18.7 Å². The summed E-state index contributed by atoms with van der Waals surface area (Å²) in [5.74, 6) is 1.10. The Morgan fingerprint density at radius 3 is 1.54 bits per heavy atom. The number of phenols is 2. The fourth-order valence-corrected chi connectivity index (χ4v) is 8.73. The van der Waals surface area contributed by atoms with Crippen molar-refractivity contribution in [3.8, 4) is 17.2 Å².